The van der Waals surface area contributed by atoms with Gasteiger partial charge in [0, 0.05) is 12.2 Å². The third-order valence-electron chi connectivity index (χ3n) is 4.57. The van der Waals surface area contributed by atoms with Crippen LogP contribution in [0, 0.1) is 0 Å². The van der Waals surface area contributed by atoms with Crippen LogP contribution >= 0.6 is 0 Å². The second kappa shape index (κ2) is 7.51. The third kappa shape index (κ3) is 3.44. The molecule has 0 unspecified atom stereocenters. The molecule has 0 saturated heterocycles. The fraction of sp³-hybridized carbons (Fsp3) is 0.200. The van der Waals surface area contributed by atoms with E-state index in [0.29, 0.717) is 24.5 Å². The van der Waals surface area contributed by atoms with Gasteiger partial charge in [-0.05, 0) is 24.1 Å². The van der Waals surface area contributed by atoms with Crippen molar-refractivity contribution in [1.29, 1.82) is 0 Å². The Kier molecular flexibility index (Phi) is 4.76. The van der Waals surface area contributed by atoms with Gasteiger partial charge in [-0.15, -0.1) is 0 Å². The molecule has 3 aromatic rings. The maximum Gasteiger partial charge on any atom is 0.354 e. The lowest BCUT2D eigenvalue weighted by Gasteiger charge is -2.14. The van der Waals surface area contributed by atoms with Gasteiger partial charge < -0.3 is 5.32 Å². The number of nitrogens with one attached hydrogen (secondary N) is 1. The summed E-state index contributed by atoms with van der Waals surface area (Å²) in [4.78, 5) is 38.7. The van der Waals surface area contributed by atoms with Crippen LogP contribution in [-0.4, -0.2) is 32.8 Å². The molecule has 0 bridgehead atoms. The average molecular weight is 377 g/mol. The smallest absolute Gasteiger partial charge is 0.354 e. The summed E-state index contributed by atoms with van der Waals surface area (Å²) < 4.78 is 2.05. The van der Waals surface area contributed by atoms with Crippen LogP contribution < -0.4 is 15.9 Å². The van der Waals surface area contributed by atoms with Crippen molar-refractivity contribution < 1.29 is 9.59 Å². The predicted octanol–water partition coefficient (Wildman–Crippen LogP) is 1.39. The normalized spacial score (nSPS) is 12.9. The van der Waals surface area contributed by atoms with Crippen molar-refractivity contribution in [3.63, 3.8) is 0 Å². The van der Waals surface area contributed by atoms with E-state index in [2.05, 4.69) is 10.4 Å². The molecule has 0 spiro atoms. The van der Waals surface area contributed by atoms with Crippen LogP contribution in [0.3, 0.4) is 0 Å². The summed E-state index contributed by atoms with van der Waals surface area (Å²) >= 11 is 0. The minimum atomic E-state index is -0.600. The molecular formula is C20H19N5O3. The van der Waals surface area contributed by atoms with E-state index in [1.165, 1.54) is 4.90 Å². The van der Waals surface area contributed by atoms with E-state index >= 15 is 0 Å². The van der Waals surface area contributed by atoms with Crippen molar-refractivity contribution in [2.24, 2.45) is 0 Å². The van der Waals surface area contributed by atoms with Crippen LogP contribution in [0.4, 0.5) is 10.5 Å². The summed E-state index contributed by atoms with van der Waals surface area (Å²) in [5.74, 6) is 0.0121. The summed E-state index contributed by atoms with van der Waals surface area (Å²) in [6.45, 7) is 0.443. The summed E-state index contributed by atoms with van der Waals surface area (Å²) in [5, 5.41) is 6.94. The van der Waals surface area contributed by atoms with E-state index in [9.17, 15) is 14.4 Å². The first-order valence-corrected chi connectivity index (χ1v) is 9.00. The van der Waals surface area contributed by atoms with Crippen LogP contribution in [0.25, 0.3) is 0 Å². The number of aromatic nitrogens is 3. The van der Waals surface area contributed by atoms with E-state index in [-0.39, 0.29) is 19.0 Å². The number of benzene rings is 2. The monoisotopic (exact) mass is 377 g/mol. The van der Waals surface area contributed by atoms with E-state index in [1.807, 2.05) is 48.5 Å². The van der Waals surface area contributed by atoms with Gasteiger partial charge in [-0.1, -0.05) is 48.5 Å². The Morgan fingerprint density at radius 2 is 1.68 bits per heavy atom. The first-order chi connectivity index (χ1) is 13.6. The van der Waals surface area contributed by atoms with E-state index in [4.69, 9.17) is 0 Å². The Morgan fingerprint density at radius 3 is 2.36 bits per heavy atom. The fourth-order valence-corrected chi connectivity index (χ4v) is 3.17. The second-order valence-electron chi connectivity index (χ2n) is 6.48. The zero-order valence-electron chi connectivity index (χ0n) is 15.1. The zero-order chi connectivity index (χ0) is 19.5. The van der Waals surface area contributed by atoms with Gasteiger partial charge in [-0.3, -0.25) is 9.69 Å². The summed E-state index contributed by atoms with van der Waals surface area (Å²) in [5.41, 5.74) is 1.21. The molecule has 0 atom stereocenters. The van der Waals surface area contributed by atoms with Crippen LogP contribution in [-0.2, 0) is 24.3 Å². The molecule has 2 aromatic carbocycles. The highest BCUT2D eigenvalue weighted by Gasteiger charge is 2.33. The largest absolute Gasteiger partial charge is 0.354 e. The zero-order valence-corrected chi connectivity index (χ0v) is 15.1. The van der Waals surface area contributed by atoms with Crippen molar-refractivity contribution in [3.8, 4) is 0 Å². The number of amides is 2. The van der Waals surface area contributed by atoms with E-state index < -0.39 is 11.7 Å². The highest BCUT2D eigenvalue weighted by atomic mass is 16.2. The minimum Gasteiger partial charge on any atom is -0.354 e. The topological polar surface area (TPSA) is 89.2 Å². The van der Waals surface area contributed by atoms with Gasteiger partial charge in [0.15, 0.2) is 5.82 Å². The highest BCUT2D eigenvalue weighted by molar-refractivity contribution is 5.96. The van der Waals surface area contributed by atoms with E-state index in [1.54, 1.807) is 12.1 Å². The second-order valence-corrected chi connectivity index (χ2v) is 6.48. The molecule has 8 heteroatoms. The lowest BCUT2D eigenvalue weighted by atomic mass is 10.1. The molecule has 1 aliphatic rings. The molecule has 1 N–H and O–H groups in total. The lowest BCUT2D eigenvalue weighted by molar-refractivity contribution is -0.121. The van der Waals surface area contributed by atoms with Gasteiger partial charge in [0.1, 0.15) is 6.54 Å². The van der Waals surface area contributed by atoms with Crippen LogP contribution in [0.2, 0.25) is 0 Å². The molecule has 1 aliphatic heterocycles. The van der Waals surface area contributed by atoms with Gasteiger partial charge in [0.2, 0.25) is 5.91 Å². The summed E-state index contributed by atoms with van der Waals surface area (Å²) in [6, 6.07) is 18.4. The summed E-state index contributed by atoms with van der Waals surface area (Å²) in [7, 11) is 0. The Labute approximate surface area is 161 Å². The van der Waals surface area contributed by atoms with Gasteiger partial charge in [-0.25, -0.2) is 14.3 Å². The highest BCUT2D eigenvalue weighted by Crippen LogP contribution is 2.21. The van der Waals surface area contributed by atoms with Gasteiger partial charge in [0.25, 0.3) is 0 Å². The number of nitrogens with zero attached hydrogens (tertiary/aromatic N) is 4. The number of anilines is 1. The van der Waals surface area contributed by atoms with E-state index in [0.717, 1.165) is 14.8 Å². The third-order valence-corrected chi connectivity index (χ3v) is 4.57. The molecule has 8 nitrogen and oxygen atoms in total. The molecule has 4 rings (SSSR count). The van der Waals surface area contributed by atoms with Gasteiger partial charge in [-0.2, -0.15) is 9.67 Å². The van der Waals surface area contributed by atoms with Crippen molar-refractivity contribution in [2.45, 2.75) is 19.5 Å². The molecule has 0 fully saturated rings. The van der Waals surface area contributed by atoms with Crippen LogP contribution in [0.5, 0.6) is 0 Å². The number of carbonyl (C=O) groups excluding carboxylic acids is 2. The Bertz CT molecular complexity index is 1060. The van der Waals surface area contributed by atoms with Crippen molar-refractivity contribution in [1.82, 2.24) is 19.7 Å². The molecule has 1 aromatic heterocycles. The number of fused-ring (bicyclic) bond motifs is 1. The number of rotatable bonds is 6. The first-order valence-electron chi connectivity index (χ1n) is 9.00. The Morgan fingerprint density at radius 1 is 1.00 bits per heavy atom. The molecule has 2 amide bonds. The maximum atomic E-state index is 12.6. The maximum absolute atomic E-state index is 12.6. The van der Waals surface area contributed by atoms with Crippen LogP contribution in [0.1, 0.15) is 11.4 Å². The molecule has 0 saturated carbocycles. The van der Waals surface area contributed by atoms with Crippen molar-refractivity contribution >= 4 is 17.6 Å². The average Bonchev–Trinajstić information content (AvgIpc) is 3.20. The quantitative estimate of drug-likeness (QED) is 0.703. The first kappa shape index (κ1) is 17.7. The van der Waals surface area contributed by atoms with Crippen LogP contribution in [0.15, 0.2) is 65.5 Å². The SMILES string of the molecule is O=C(Cn1nc2n(c1=O)C(=O)N(c1ccccc1)C2)NCCc1ccccc1. The van der Waals surface area contributed by atoms with Crippen molar-refractivity contribution in [3.05, 3.63) is 82.5 Å². The molecular weight excluding hydrogens is 358 g/mol. The number of para-hydroxylation sites is 1. The molecule has 2 heterocycles. The number of hydrogen-bond donors (Lipinski definition) is 1. The molecule has 142 valence electrons. The number of hydrogen-bond acceptors (Lipinski definition) is 4. The lowest BCUT2D eigenvalue weighted by Crippen LogP contribution is -2.38. The molecule has 28 heavy (non-hydrogen) atoms. The van der Waals surface area contributed by atoms with Gasteiger partial charge in [0.05, 0.1) is 6.54 Å². The standard InChI is InChI=1S/C20H19N5O3/c26-18(21-12-11-15-7-3-1-4-8-15)14-24-20(28)25-17(22-24)13-23(19(25)27)16-9-5-2-6-10-16/h1-10H,11-14H2,(H,21,26). The molecule has 0 radical (unpaired) electrons. The van der Waals surface area contributed by atoms with Gasteiger partial charge >= 0.3 is 11.7 Å². The fourth-order valence-electron chi connectivity index (χ4n) is 3.17. The van der Waals surface area contributed by atoms with Crippen molar-refractivity contribution in [2.75, 3.05) is 11.4 Å². The number of carbonyl (C=O) groups is 2. The Hall–Kier alpha value is -3.68. The minimum absolute atomic E-state index is 0.195. The predicted molar refractivity (Wildman–Crippen MR) is 103 cm³/mol. The Balaban J connectivity index is 1.39. The summed E-state index contributed by atoms with van der Waals surface area (Å²) in [6.07, 6.45) is 0.700. The molecule has 0 aliphatic carbocycles.